The number of thioether (sulfide) groups is 1. The number of anilines is 1. The minimum atomic E-state index is -0.621. The molecule has 1 atom stereocenters. The molecule has 3 aromatic rings. The van der Waals surface area contributed by atoms with Gasteiger partial charge in [-0.05, 0) is 35.8 Å². The average molecular weight is 462 g/mol. The second-order valence-electron chi connectivity index (χ2n) is 8.09. The first kappa shape index (κ1) is 22.9. The first-order valence-corrected chi connectivity index (χ1v) is 12.2. The van der Waals surface area contributed by atoms with Crippen molar-refractivity contribution in [3.05, 3.63) is 92.8 Å². The van der Waals surface area contributed by atoms with E-state index in [1.54, 1.807) is 6.92 Å². The second-order valence-corrected chi connectivity index (χ2v) is 8.89. The molecule has 33 heavy (non-hydrogen) atoms. The molecule has 0 saturated carbocycles. The Labute approximate surface area is 197 Å². The van der Waals surface area contributed by atoms with E-state index in [1.807, 2.05) is 60.9 Å². The van der Waals surface area contributed by atoms with Gasteiger partial charge in [-0.3, -0.25) is 4.79 Å². The maximum atomic E-state index is 13.3. The normalized spacial score (nSPS) is 15.2. The van der Waals surface area contributed by atoms with E-state index in [0.29, 0.717) is 33.7 Å². The van der Waals surface area contributed by atoms with Gasteiger partial charge in [0.15, 0.2) is 5.16 Å². The standard InChI is InChI=1S/C26H27N3O3S/c1-5-32-25(31)20-19(17-13-11-16(12-14-17)15(2)3)21-23(28-26(33-4)29-24(21)30)27-22(20)18-9-7-6-8-10-18/h6-15,19H,5H2,1-4H3,(H2,27,28,29,30). The largest absolute Gasteiger partial charge is 0.463 e. The van der Waals surface area contributed by atoms with Crippen molar-refractivity contribution in [1.82, 2.24) is 9.97 Å². The maximum Gasteiger partial charge on any atom is 0.337 e. The van der Waals surface area contributed by atoms with E-state index in [1.165, 1.54) is 17.3 Å². The summed E-state index contributed by atoms with van der Waals surface area (Å²) in [7, 11) is 0. The van der Waals surface area contributed by atoms with Crippen molar-refractivity contribution in [3.8, 4) is 0 Å². The lowest BCUT2D eigenvalue weighted by Crippen LogP contribution is -2.31. The lowest BCUT2D eigenvalue weighted by Gasteiger charge is -2.30. The number of aromatic amines is 1. The highest BCUT2D eigenvalue weighted by atomic mass is 32.2. The number of rotatable bonds is 6. The molecular weight excluding hydrogens is 434 g/mol. The van der Waals surface area contributed by atoms with Gasteiger partial charge in [0.25, 0.3) is 5.56 Å². The van der Waals surface area contributed by atoms with Gasteiger partial charge in [0.1, 0.15) is 5.82 Å². The van der Waals surface area contributed by atoms with Crippen LogP contribution in [-0.2, 0) is 9.53 Å². The Balaban J connectivity index is 2.02. The Bertz CT molecular complexity index is 1250. The first-order chi connectivity index (χ1) is 15.9. The summed E-state index contributed by atoms with van der Waals surface area (Å²) in [4.78, 5) is 34.1. The van der Waals surface area contributed by atoms with Gasteiger partial charge in [-0.15, -0.1) is 0 Å². The lowest BCUT2D eigenvalue weighted by molar-refractivity contribution is -0.138. The van der Waals surface area contributed by atoms with E-state index >= 15 is 0 Å². The van der Waals surface area contributed by atoms with Crippen LogP contribution in [0.2, 0.25) is 0 Å². The van der Waals surface area contributed by atoms with Crippen LogP contribution in [0.3, 0.4) is 0 Å². The molecule has 1 aliphatic heterocycles. The van der Waals surface area contributed by atoms with Crippen LogP contribution in [-0.4, -0.2) is 28.8 Å². The number of carbonyl (C=O) groups is 1. The van der Waals surface area contributed by atoms with Gasteiger partial charge in [0.2, 0.25) is 0 Å². The van der Waals surface area contributed by atoms with Crippen LogP contribution in [0.4, 0.5) is 5.82 Å². The third kappa shape index (κ3) is 4.46. The van der Waals surface area contributed by atoms with E-state index in [-0.39, 0.29) is 12.2 Å². The van der Waals surface area contributed by atoms with Crippen molar-refractivity contribution in [2.45, 2.75) is 37.8 Å². The highest BCUT2D eigenvalue weighted by Crippen LogP contribution is 2.43. The number of nitrogens with zero attached hydrogens (tertiary/aromatic N) is 1. The summed E-state index contributed by atoms with van der Waals surface area (Å²) in [5, 5.41) is 3.79. The van der Waals surface area contributed by atoms with Gasteiger partial charge in [-0.25, -0.2) is 9.78 Å². The molecule has 4 rings (SSSR count). The number of nitrogens with one attached hydrogen (secondary N) is 2. The smallest absolute Gasteiger partial charge is 0.337 e. The Kier molecular flexibility index (Phi) is 6.70. The minimum absolute atomic E-state index is 0.232. The number of benzene rings is 2. The van der Waals surface area contributed by atoms with Gasteiger partial charge < -0.3 is 15.0 Å². The molecule has 1 unspecified atom stereocenters. The van der Waals surface area contributed by atoms with E-state index in [4.69, 9.17) is 4.74 Å². The molecule has 0 saturated heterocycles. The van der Waals surface area contributed by atoms with Crippen molar-refractivity contribution in [3.63, 3.8) is 0 Å². The highest BCUT2D eigenvalue weighted by Gasteiger charge is 2.38. The van der Waals surface area contributed by atoms with E-state index in [2.05, 4.69) is 29.1 Å². The summed E-state index contributed by atoms with van der Waals surface area (Å²) in [6, 6.07) is 17.7. The second kappa shape index (κ2) is 9.67. The third-order valence-electron chi connectivity index (χ3n) is 5.71. The molecule has 7 heteroatoms. The average Bonchev–Trinajstić information content (AvgIpc) is 2.83. The Morgan fingerprint density at radius 3 is 2.42 bits per heavy atom. The molecule has 2 aromatic carbocycles. The number of ether oxygens (including phenoxy) is 1. The van der Waals surface area contributed by atoms with E-state index in [0.717, 1.165) is 11.1 Å². The summed E-state index contributed by atoms with van der Waals surface area (Å²) in [6.45, 7) is 6.27. The van der Waals surface area contributed by atoms with E-state index in [9.17, 15) is 9.59 Å². The van der Waals surface area contributed by atoms with Crippen LogP contribution in [0, 0.1) is 0 Å². The number of hydrogen-bond acceptors (Lipinski definition) is 6. The fourth-order valence-electron chi connectivity index (χ4n) is 4.06. The minimum Gasteiger partial charge on any atom is -0.463 e. The van der Waals surface area contributed by atoms with Gasteiger partial charge in [-0.1, -0.05) is 80.2 Å². The Hall–Kier alpha value is -3.32. The Morgan fingerprint density at radius 1 is 1.12 bits per heavy atom. The molecule has 0 aliphatic carbocycles. The summed E-state index contributed by atoms with van der Waals surface area (Å²) >= 11 is 1.36. The third-order valence-corrected chi connectivity index (χ3v) is 6.29. The molecular formula is C26H27N3O3S. The number of fused-ring (bicyclic) bond motifs is 1. The van der Waals surface area contributed by atoms with Crippen molar-refractivity contribution in [1.29, 1.82) is 0 Å². The molecule has 0 radical (unpaired) electrons. The molecule has 0 bridgehead atoms. The molecule has 6 nitrogen and oxygen atoms in total. The predicted molar refractivity (Wildman–Crippen MR) is 133 cm³/mol. The molecule has 2 N–H and O–H groups in total. The number of hydrogen-bond donors (Lipinski definition) is 2. The zero-order chi connectivity index (χ0) is 23.5. The van der Waals surface area contributed by atoms with Crippen LogP contribution in [0.25, 0.3) is 5.70 Å². The van der Waals surface area contributed by atoms with Crippen molar-refractivity contribution in [2.24, 2.45) is 0 Å². The predicted octanol–water partition coefficient (Wildman–Crippen LogP) is 5.15. The SMILES string of the molecule is CCOC(=O)C1=C(c2ccccc2)Nc2nc(SC)[nH]c(=O)c2C1c1ccc(C(C)C)cc1. The van der Waals surface area contributed by atoms with Gasteiger partial charge in [0.05, 0.1) is 29.4 Å². The van der Waals surface area contributed by atoms with Crippen molar-refractivity contribution in [2.75, 3.05) is 18.2 Å². The molecule has 170 valence electrons. The van der Waals surface area contributed by atoms with Crippen LogP contribution in [0.1, 0.15) is 54.9 Å². The zero-order valence-electron chi connectivity index (χ0n) is 19.1. The van der Waals surface area contributed by atoms with Crippen LogP contribution in [0.5, 0.6) is 0 Å². The molecule has 2 heterocycles. The molecule has 1 aliphatic rings. The first-order valence-electron chi connectivity index (χ1n) is 11.0. The van der Waals surface area contributed by atoms with Gasteiger partial charge >= 0.3 is 5.97 Å². The van der Waals surface area contributed by atoms with Gasteiger partial charge in [0, 0.05) is 0 Å². The number of aromatic nitrogens is 2. The van der Waals surface area contributed by atoms with Crippen molar-refractivity contribution < 1.29 is 9.53 Å². The van der Waals surface area contributed by atoms with Crippen molar-refractivity contribution >= 4 is 29.2 Å². The molecule has 0 spiro atoms. The molecule has 0 fully saturated rings. The monoisotopic (exact) mass is 461 g/mol. The fraction of sp³-hybridized carbons (Fsp3) is 0.269. The van der Waals surface area contributed by atoms with Crippen LogP contribution >= 0.6 is 11.8 Å². The number of H-pyrrole nitrogens is 1. The lowest BCUT2D eigenvalue weighted by atomic mass is 9.80. The van der Waals surface area contributed by atoms with Gasteiger partial charge in [-0.2, -0.15) is 0 Å². The number of esters is 1. The number of carbonyl (C=O) groups excluding carboxylic acids is 1. The summed E-state index contributed by atoms with van der Waals surface area (Å²) in [6.07, 6.45) is 1.85. The van der Waals surface area contributed by atoms with Crippen LogP contribution in [0.15, 0.2) is 70.1 Å². The quantitative estimate of drug-likeness (QED) is 0.300. The zero-order valence-corrected chi connectivity index (χ0v) is 20.0. The maximum absolute atomic E-state index is 13.3. The van der Waals surface area contributed by atoms with E-state index < -0.39 is 11.9 Å². The summed E-state index contributed by atoms with van der Waals surface area (Å²) in [5.74, 6) is -0.258. The highest BCUT2D eigenvalue weighted by molar-refractivity contribution is 7.98. The Morgan fingerprint density at radius 2 is 1.82 bits per heavy atom. The molecule has 1 aromatic heterocycles. The topological polar surface area (TPSA) is 84.1 Å². The van der Waals surface area contributed by atoms with Crippen LogP contribution < -0.4 is 10.9 Å². The molecule has 0 amide bonds. The fourth-order valence-corrected chi connectivity index (χ4v) is 4.44. The summed E-state index contributed by atoms with van der Waals surface area (Å²) in [5.41, 5.74) is 3.98. The summed E-state index contributed by atoms with van der Waals surface area (Å²) < 4.78 is 5.47.